The molecule has 5 rings (SSSR count). The van der Waals surface area contributed by atoms with Crippen molar-refractivity contribution in [1.82, 2.24) is 15.1 Å². The summed E-state index contributed by atoms with van der Waals surface area (Å²) in [5, 5.41) is 13.5. The molecule has 1 amide bonds. The minimum atomic E-state index is 0.0966. The zero-order valence-electron chi connectivity index (χ0n) is 17.5. The Morgan fingerprint density at radius 2 is 1.75 bits per heavy atom. The van der Waals surface area contributed by atoms with Crippen LogP contribution in [0.2, 0.25) is 10.0 Å². The lowest BCUT2D eigenvalue weighted by Crippen LogP contribution is -2.34. The van der Waals surface area contributed by atoms with E-state index in [-0.39, 0.29) is 5.91 Å². The van der Waals surface area contributed by atoms with E-state index in [1.54, 1.807) is 6.07 Å². The van der Waals surface area contributed by atoms with E-state index >= 15 is 0 Å². The van der Waals surface area contributed by atoms with Gasteiger partial charge in [0, 0.05) is 53.9 Å². The standard InChI is InChI=1S/C24H23Cl2N5O/c25-19-7-8-20(26)18(13-19)15-31-12-9-27-23-22(31)14-21(28-29-23)16-3-5-17(6-4-16)24(32)30-10-1-2-11-30/h3-8,13-14H,1-2,9-12,15H2,(H,27,29). The highest BCUT2D eigenvalue weighted by Gasteiger charge is 2.22. The molecule has 1 aromatic heterocycles. The minimum absolute atomic E-state index is 0.0966. The Morgan fingerprint density at radius 3 is 2.53 bits per heavy atom. The number of hydrogen-bond acceptors (Lipinski definition) is 5. The number of amides is 1. The normalized spacial score (nSPS) is 15.4. The summed E-state index contributed by atoms with van der Waals surface area (Å²) < 4.78 is 0. The lowest BCUT2D eigenvalue weighted by atomic mass is 10.1. The molecule has 0 saturated carbocycles. The molecule has 0 spiro atoms. The monoisotopic (exact) mass is 467 g/mol. The van der Waals surface area contributed by atoms with Crippen LogP contribution in [0.1, 0.15) is 28.8 Å². The van der Waals surface area contributed by atoms with Crippen molar-refractivity contribution in [3.05, 3.63) is 69.7 Å². The van der Waals surface area contributed by atoms with Crippen molar-refractivity contribution in [2.45, 2.75) is 19.4 Å². The van der Waals surface area contributed by atoms with Gasteiger partial charge in [0.15, 0.2) is 5.82 Å². The largest absolute Gasteiger partial charge is 0.365 e. The first kappa shape index (κ1) is 21.0. The van der Waals surface area contributed by atoms with Gasteiger partial charge in [-0.3, -0.25) is 4.79 Å². The molecule has 0 bridgehead atoms. The van der Waals surface area contributed by atoms with E-state index in [1.807, 2.05) is 47.4 Å². The number of halogens is 2. The molecule has 32 heavy (non-hydrogen) atoms. The molecular weight excluding hydrogens is 445 g/mol. The van der Waals surface area contributed by atoms with Crippen LogP contribution in [0.5, 0.6) is 0 Å². The van der Waals surface area contributed by atoms with E-state index in [9.17, 15) is 4.79 Å². The second-order valence-corrected chi connectivity index (χ2v) is 8.97. The van der Waals surface area contributed by atoms with Gasteiger partial charge in [-0.25, -0.2) is 0 Å². The molecule has 3 aromatic rings. The number of likely N-dealkylation sites (tertiary alicyclic amines) is 1. The first-order valence-corrected chi connectivity index (χ1v) is 11.5. The first-order valence-electron chi connectivity index (χ1n) is 10.8. The Bertz CT molecular complexity index is 1150. The van der Waals surface area contributed by atoms with Gasteiger partial charge in [-0.2, -0.15) is 0 Å². The van der Waals surface area contributed by atoms with Gasteiger partial charge in [0.05, 0.1) is 11.4 Å². The Balaban J connectivity index is 1.40. The van der Waals surface area contributed by atoms with Crippen LogP contribution in [0, 0.1) is 0 Å². The smallest absolute Gasteiger partial charge is 0.253 e. The van der Waals surface area contributed by atoms with Gasteiger partial charge in [-0.15, -0.1) is 10.2 Å². The maximum Gasteiger partial charge on any atom is 0.253 e. The molecule has 0 unspecified atom stereocenters. The number of aromatic nitrogens is 2. The molecule has 1 fully saturated rings. The fraction of sp³-hybridized carbons (Fsp3) is 0.292. The Labute approximate surface area is 197 Å². The Kier molecular flexibility index (Phi) is 5.89. The Morgan fingerprint density at radius 1 is 0.969 bits per heavy atom. The summed E-state index contributed by atoms with van der Waals surface area (Å²) in [7, 11) is 0. The molecule has 2 aromatic carbocycles. The number of nitrogens with one attached hydrogen (secondary N) is 1. The van der Waals surface area contributed by atoms with Crippen LogP contribution in [-0.4, -0.2) is 47.2 Å². The van der Waals surface area contributed by atoms with Gasteiger partial charge in [0.25, 0.3) is 5.91 Å². The van der Waals surface area contributed by atoms with Gasteiger partial charge >= 0.3 is 0 Å². The summed E-state index contributed by atoms with van der Waals surface area (Å²) in [5.74, 6) is 0.846. The molecule has 1 N–H and O–H groups in total. The first-order chi connectivity index (χ1) is 15.6. The van der Waals surface area contributed by atoms with Crippen LogP contribution in [0.3, 0.4) is 0 Å². The topological polar surface area (TPSA) is 61.4 Å². The predicted octanol–water partition coefficient (Wildman–Crippen LogP) is 5.12. The number of anilines is 2. The van der Waals surface area contributed by atoms with Gasteiger partial charge < -0.3 is 15.1 Å². The van der Waals surface area contributed by atoms with Crippen LogP contribution in [0.4, 0.5) is 11.5 Å². The molecule has 2 aliphatic rings. The molecule has 3 heterocycles. The van der Waals surface area contributed by atoms with Crippen molar-refractivity contribution in [2.75, 3.05) is 36.4 Å². The predicted molar refractivity (Wildman–Crippen MR) is 129 cm³/mol. The number of benzene rings is 2. The van der Waals surface area contributed by atoms with Crippen molar-refractivity contribution in [2.24, 2.45) is 0 Å². The van der Waals surface area contributed by atoms with Crippen molar-refractivity contribution in [1.29, 1.82) is 0 Å². The highest BCUT2D eigenvalue weighted by Crippen LogP contribution is 2.33. The zero-order chi connectivity index (χ0) is 22.1. The molecule has 0 radical (unpaired) electrons. The van der Waals surface area contributed by atoms with E-state index in [0.717, 1.165) is 67.3 Å². The molecular formula is C24H23Cl2N5O. The number of hydrogen-bond donors (Lipinski definition) is 1. The summed E-state index contributed by atoms with van der Waals surface area (Å²) in [6.07, 6.45) is 2.17. The molecule has 6 nitrogen and oxygen atoms in total. The molecule has 1 saturated heterocycles. The van der Waals surface area contributed by atoms with Crippen molar-refractivity contribution in [3.63, 3.8) is 0 Å². The minimum Gasteiger partial charge on any atom is -0.365 e. The third-order valence-corrected chi connectivity index (χ3v) is 6.58. The summed E-state index contributed by atoms with van der Waals surface area (Å²) >= 11 is 12.6. The lowest BCUT2D eigenvalue weighted by molar-refractivity contribution is 0.0793. The summed E-state index contributed by atoms with van der Waals surface area (Å²) in [6, 6.07) is 15.2. The highest BCUT2D eigenvalue weighted by molar-refractivity contribution is 6.33. The maximum atomic E-state index is 12.6. The highest BCUT2D eigenvalue weighted by atomic mass is 35.5. The fourth-order valence-corrected chi connectivity index (χ4v) is 4.61. The van der Waals surface area contributed by atoms with E-state index in [1.165, 1.54) is 0 Å². The molecule has 164 valence electrons. The third-order valence-electron chi connectivity index (χ3n) is 5.98. The van der Waals surface area contributed by atoms with E-state index < -0.39 is 0 Å². The number of carbonyl (C=O) groups is 1. The molecule has 8 heteroatoms. The zero-order valence-corrected chi connectivity index (χ0v) is 19.0. The van der Waals surface area contributed by atoms with E-state index in [0.29, 0.717) is 22.2 Å². The Hall–Kier alpha value is -2.83. The SMILES string of the molecule is O=C(c1ccc(-c2cc3c(nn2)NCCN3Cc2cc(Cl)ccc2Cl)cc1)N1CCCC1. The van der Waals surface area contributed by atoms with Gasteiger partial charge in [-0.05, 0) is 54.8 Å². The van der Waals surface area contributed by atoms with Gasteiger partial charge in [0.1, 0.15) is 0 Å². The third kappa shape index (κ3) is 4.25. The lowest BCUT2D eigenvalue weighted by Gasteiger charge is -2.31. The fourth-order valence-electron chi connectivity index (χ4n) is 4.24. The number of rotatable bonds is 4. The van der Waals surface area contributed by atoms with Gasteiger partial charge in [-0.1, -0.05) is 35.3 Å². The molecule has 0 aliphatic carbocycles. The average Bonchev–Trinajstić information content (AvgIpc) is 3.36. The second kappa shape index (κ2) is 8.96. The molecule has 0 atom stereocenters. The summed E-state index contributed by atoms with van der Waals surface area (Å²) in [5.41, 5.74) is 4.32. The van der Waals surface area contributed by atoms with Crippen LogP contribution in [0.25, 0.3) is 11.3 Å². The maximum absolute atomic E-state index is 12.6. The summed E-state index contributed by atoms with van der Waals surface area (Å²) in [6.45, 7) is 3.89. The van der Waals surface area contributed by atoms with Crippen LogP contribution < -0.4 is 10.2 Å². The molecule has 2 aliphatic heterocycles. The quantitative estimate of drug-likeness (QED) is 0.576. The van der Waals surface area contributed by atoms with Gasteiger partial charge in [0.2, 0.25) is 0 Å². The van der Waals surface area contributed by atoms with Crippen molar-refractivity contribution < 1.29 is 4.79 Å². The van der Waals surface area contributed by atoms with Crippen molar-refractivity contribution >= 4 is 40.6 Å². The van der Waals surface area contributed by atoms with E-state index in [2.05, 4.69) is 20.4 Å². The van der Waals surface area contributed by atoms with Crippen LogP contribution in [0.15, 0.2) is 48.5 Å². The number of carbonyl (C=O) groups excluding carboxylic acids is 1. The van der Waals surface area contributed by atoms with Crippen LogP contribution in [-0.2, 0) is 6.54 Å². The van der Waals surface area contributed by atoms with Crippen LogP contribution >= 0.6 is 23.2 Å². The average molecular weight is 468 g/mol. The number of nitrogens with zero attached hydrogens (tertiary/aromatic N) is 4. The van der Waals surface area contributed by atoms with Crippen molar-refractivity contribution in [3.8, 4) is 11.3 Å². The summed E-state index contributed by atoms with van der Waals surface area (Å²) in [4.78, 5) is 16.8. The second-order valence-electron chi connectivity index (χ2n) is 8.12. The van der Waals surface area contributed by atoms with E-state index in [4.69, 9.17) is 23.2 Å². The number of fused-ring (bicyclic) bond motifs is 1.